The summed E-state index contributed by atoms with van der Waals surface area (Å²) in [5, 5.41) is 17.9. The van der Waals surface area contributed by atoms with Crippen molar-refractivity contribution in [1.29, 1.82) is 5.26 Å². The Balaban J connectivity index is 1.75. The van der Waals surface area contributed by atoms with Gasteiger partial charge >= 0.3 is 0 Å². The summed E-state index contributed by atoms with van der Waals surface area (Å²) < 4.78 is 0. The molecule has 1 amide bonds. The second-order valence-corrected chi connectivity index (χ2v) is 9.41. The Morgan fingerprint density at radius 3 is 2.41 bits per heavy atom. The number of thioether (sulfide) groups is 1. The number of amides is 1. The zero-order valence-corrected chi connectivity index (χ0v) is 20.5. The van der Waals surface area contributed by atoms with Gasteiger partial charge in [-0.15, -0.1) is 11.8 Å². The lowest BCUT2D eigenvalue weighted by Gasteiger charge is -2.30. The predicted molar refractivity (Wildman–Crippen MR) is 140 cm³/mol. The maximum absolute atomic E-state index is 13.6. The molecule has 2 N–H and O–H groups in total. The number of hydrogen-bond acceptors (Lipinski definition) is 4. The van der Waals surface area contributed by atoms with E-state index in [-0.39, 0.29) is 5.91 Å². The number of benzene rings is 3. The highest BCUT2D eigenvalue weighted by atomic mass is 35.5. The second-order valence-electron chi connectivity index (χ2n) is 8.02. The van der Waals surface area contributed by atoms with Crippen molar-refractivity contribution >= 4 is 35.0 Å². The van der Waals surface area contributed by atoms with E-state index < -0.39 is 5.92 Å². The van der Waals surface area contributed by atoms with Crippen molar-refractivity contribution in [3.63, 3.8) is 0 Å². The largest absolute Gasteiger partial charge is 0.353 e. The molecular formula is C28H24ClN3OS. The molecule has 0 saturated carbocycles. The number of carbonyl (C=O) groups is 1. The molecule has 0 aliphatic carbocycles. The minimum Gasteiger partial charge on any atom is -0.353 e. The first-order valence-electron chi connectivity index (χ1n) is 10.9. The summed E-state index contributed by atoms with van der Waals surface area (Å²) in [5.74, 6) is -0.145. The Labute approximate surface area is 209 Å². The fourth-order valence-electron chi connectivity index (χ4n) is 3.98. The van der Waals surface area contributed by atoms with Crippen LogP contribution in [0.4, 0.5) is 5.69 Å². The van der Waals surface area contributed by atoms with E-state index in [1.54, 1.807) is 17.8 Å². The van der Waals surface area contributed by atoms with Crippen molar-refractivity contribution in [2.45, 2.75) is 25.5 Å². The topological polar surface area (TPSA) is 64.9 Å². The summed E-state index contributed by atoms with van der Waals surface area (Å²) in [5.41, 5.74) is 5.24. The van der Waals surface area contributed by atoms with Gasteiger partial charge in [0.05, 0.1) is 22.6 Å². The first-order chi connectivity index (χ1) is 16.5. The van der Waals surface area contributed by atoms with Gasteiger partial charge in [0, 0.05) is 27.7 Å². The van der Waals surface area contributed by atoms with Crippen LogP contribution in [-0.4, -0.2) is 5.91 Å². The van der Waals surface area contributed by atoms with E-state index in [9.17, 15) is 10.1 Å². The average molecular weight is 486 g/mol. The van der Waals surface area contributed by atoms with Crippen molar-refractivity contribution in [1.82, 2.24) is 5.32 Å². The smallest absolute Gasteiger partial charge is 0.254 e. The molecule has 0 aromatic heterocycles. The third-order valence-corrected chi connectivity index (χ3v) is 7.16. The molecule has 0 fully saturated rings. The van der Waals surface area contributed by atoms with Crippen LogP contribution in [0, 0.1) is 18.3 Å². The van der Waals surface area contributed by atoms with Gasteiger partial charge in [-0.1, -0.05) is 78.3 Å². The number of nitrogens with one attached hydrogen (secondary N) is 2. The van der Waals surface area contributed by atoms with Crippen LogP contribution in [-0.2, 0) is 10.5 Å². The maximum atomic E-state index is 13.6. The van der Waals surface area contributed by atoms with E-state index in [1.165, 1.54) is 0 Å². The van der Waals surface area contributed by atoms with E-state index >= 15 is 0 Å². The van der Waals surface area contributed by atoms with Gasteiger partial charge in [-0.05, 0) is 42.7 Å². The normalized spacial score (nSPS) is 15.5. The van der Waals surface area contributed by atoms with Crippen LogP contribution in [0.3, 0.4) is 0 Å². The summed E-state index contributed by atoms with van der Waals surface area (Å²) in [6, 6.07) is 27.5. The highest BCUT2D eigenvalue weighted by molar-refractivity contribution is 8.02. The fourth-order valence-corrected chi connectivity index (χ4v) is 5.27. The Hall–Kier alpha value is -3.46. The molecular weight excluding hydrogens is 462 g/mol. The summed E-state index contributed by atoms with van der Waals surface area (Å²) in [6.07, 6.45) is 0. The number of aryl methyl sites for hydroxylation is 1. The minimum atomic E-state index is -0.581. The van der Waals surface area contributed by atoms with Gasteiger partial charge in [0.25, 0.3) is 5.91 Å². The lowest BCUT2D eigenvalue weighted by molar-refractivity contribution is -0.113. The van der Waals surface area contributed by atoms with Crippen LogP contribution in [0.2, 0.25) is 5.02 Å². The lowest BCUT2D eigenvalue weighted by Crippen LogP contribution is -2.31. The summed E-state index contributed by atoms with van der Waals surface area (Å²) in [4.78, 5) is 13.6. The minimum absolute atomic E-state index is 0.260. The quantitative estimate of drug-likeness (QED) is 0.398. The number of rotatable bonds is 6. The predicted octanol–water partition coefficient (Wildman–Crippen LogP) is 6.92. The van der Waals surface area contributed by atoms with Crippen molar-refractivity contribution in [2.24, 2.45) is 0 Å². The van der Waals surface area contributed by atoms with Gasteiger partial charge in [0.15, 0.2) is 0 Å². The van der Waals surface area contributed by atoms with Gasteiger partial charge in [0.1, 0.15) is 0 Å². The molecule has 6 heteroatoms. The summed E-state index contributed by atoms with van der Waals surface area (Å²) in [7, 11) is 0. The van der Waals surface area contributed by atoms with Crippen LogP contribution in [0.25, 0.3) is 0 Å². The molecule has 0 saturated heterocycles. The zero-order chi connectivity index (χ0) is 24.1. The van der Waals surface area contributed by atoms with Crippen LogP contribution >= 0.6 is 23.4 Å². The van der Waals surface area contributed by atoms with E-state index in [2.05, 4.69) is 28.8 Å². The Kier molecular flexibility index (Phi) is 7.42. The maximum Gasteiger partial charge on any atom is 0.254 e. The number of dihydropyridines is 1. The molecule has 0 bridgehead atoms. The van der Waals surface area contributed by atoms with Crippen LogP contribution in [0.15, 0.2) is 101 Å². The molecule has 3 aromatic rings. The molecule has 0 spiro atoms. The lowest BCUT2D eigenvalue weighted by atomic mass is 9.82. The molecule has 3 aromatic carbocycles. The molecule has 1 aliphatic heterocycles. The molecule has 170 valence electrons. The fraction of sp³-hybridized carbons (Fsp3) is 0.143. The van der Waals surface area contributed by atoms with Crippen molar-refractivity contribution in [3.05, 3.63) is 122 Å². The molecule has 4 nitrogen and oxygen atoms in total. The number of hydrogen-bond donors (Lipinski definition) is 2. The molecule has 0 unspecified atom stereocenters. The SMILES string of the molecule is CC1=C(C(=O)Nc2ccccc2C)[C@@H](c2ccccc2Cl)C(C#N)=C(SCc2ccccc2)N1. The van der Waals surface area contributed by atoms with Gasteiger partial charge in [-0.3, -0.25) is 4.79 Å². The molecule has 4 rings (SSSR count). The van der Waals surface area contributed by atoms with Crippen LogP contribution in [0.5, 0.6) is 0 Å². The summed E-state index contributed by atoms with van der Waals surface area (Å²) >= 11 is 8.14. The number of anilines is 1. The molecule has 0 radical (unpaired) electrons. The molecule has 1 aliphatic rings. The molecule has 34 heavy (non-hydrogen) atoms. The van der Waals surface area contributed by atoms with Crippen molar-refractivity contribution in [2.75, 3.05) is 5.32 Å². The second kappa shape index (κ2) is 10.6. The number of allylic oxidation sites excluding steroid dienone is 2. The number of nitriles is 1. The Bertz CT molecular complexity index is 1320. The highest BCUT2D eigenvalue weighted by Crippen LogP contribution is 2.43. The Morgan fingerprint density at radius 2 is 1.71 bits per heavy atom. The third-order valence-electron chi connectivity index (χ3n) is 5.73. The van der Waals surface area contributed by atoms with E-state index in [0.29, 0.717) is 27.6 Å². The molecule has 1 heterocycles. The van der Waals surface area contributed by atoms with Gasteiger partial charge in [-0.2, -0.15) is 5.26 Å². The third kappa shape index (κ3) is 5.04. The number of carbonyl (C=O) groups excluding carboxylic acids is 1. The Morgan fingerprint density at radius 1 is 1.03 bits per heavy atom. The van der Waals surface area contributed by atoms with Crippen LogP contribution < -0.4 is 10.6 Å². The van der Waals surface area contributed by atoms with E-state index in [1.807, 2.05) is 74.5 Å². The number of halogens is 1. The van der Waals surface area contributed by atoms with Crippen LogP contribution in [0.1, 0.15) is 29.5 Å². The number of nitrogens with zero attached hydrogens (tertiary/aromatic N) is 1. The van der Waals surface area contributed by atoms with Crippen molar-refractivity contribution in [3.8, 4) is 6.07 Å². The van der Waals surface area contributed by atoms with E-state index in [4.69, 9.17) is 11.6 Å². The van der Waals surface area contributed by atoms with Gasteiger partial charge < -0.3 is 10.6 Å². The zero-order valence-electron chi connectivity index (χ0n) is 18.9. The standard InChI is InChI=1S/C28H24ClN3OS/c1-18-10-6-9-15-24(18)32-27(33)25-19(2)31-28(34-17-20-11-4-3-5-12-20)22(16-30)26(25)21-13-7-8-14-23(21)29/h3-15,26,31H,17H2,1-2H3,(H,32,33)/t26-/m0/s1. The number of para-hydroxylation sites is 1. The monoisotopic (exact) mass is 485 g/mol. The first-order valence-corrected chi connectivity index (χ1v) is 12.3. The highest BCUT2D eigenvalue weighted by Gasteiger charge is 2.35. The van der Waals surface area contributed by atoms with Gasteiger partial charge in [0.2, 0.25) is 0 Å². The molecule has 1 atom stereocenters. The first kappa shape index (κ1) is 23.7. The van der Waals surface area contributed by atoms with E-state index in [0.717, 1.165) is 27.4 Å². The van der Waals surface area contributed by atoms with Gasteiger partial charge in [-0.25, -0.2) is 0 Å². The average Bonchev–Trinajstić information content (AvgIpc) is 2.84. The van der Waals surface area contributed by atoms with Crippen molar-refractivity contribution < 1.29 is 4.79 Å². The summed E-state index contributed by atoms with van der Waals surface area (Å²) in [6.45, 7) is 3.81.